The van der Waals surface area contributed by atoms with E-state index in [1.165, 1.54) is 5.56 Å². The van der Waals surface area contributed by atoms with Crippen LogP contribution < -0.4 is 10.1 Å². The Morgan fingerprint density at radius 3 is 3.06 bits per heavy atom. The number of carbonyl (C=O) groups excluding carboxylic acids is 1. The fraction of sp³-hybridized carbons (Fsp3) is 0.308. The van der Waals surface area contributed by atoms with E-state index in [9.17, 15) is 4.79 Å². The highest BCUT2D eigenvalue weighted by atomic mass is 16.5. The van der Waals surface area contributed by atoms with Gasteiger partial charge in [0.1, 0.15) is 5.75 Å². The summed E-state index contributed by atoms with van der Waals surface area (Å²) in [5.41, 5.74) is 3.30. The molecule has 0 spiro atoms. The van der Waals surface area contributed by atoms with Crippen LogP contribution in [0.15, 0.2) is 18.3 Å². The van der Waals surface area contributed by atoms with Gasteiger partial charge in [-0.1, -0.05) is 0 Å². The first-order chi connectivity index (χ1) is 8.29. The molecule has 1 aromatic heterocycles. The molecule has 3 rings (SSSR count). The minimum absolute atomic E-state index is 0.0580. The van der Waals surface area contributed by atoms with E-state index in [4.69, 9.17) is 4.74 Å². The number of rotatable bonds is 1. The predicted molar refractivity (Wildman–Crippen MR) is 65.3 cm³/mol. The summed E-state index contributed by atoms with van der Waals surface area (Å²) in [6.07, 6.45) is 3.25. The average Bonchev–Trinajstić information content (AvgIpc) is 2.71. The summed E-state index contributed by atoms with van der Waals surface area (Å²) in [5.74, 6) is 0.845. The number of nitrogens with one attached hydrogen (secondary N) is 2. The molecule has 0 radical (unpaired) electrons. The average molecular weight is 230 g/mol. The maximum absolute atomic E-state index is 11.7. The number of carbonyl (C=O) groups is 1. The molecule has 2 heterocycles. The van der Waals surface area contributed by atoms with Crippen LogP contribution in [0.25, 0.3) is 10.9 Å². The molecule has 2 aromatic rings. The van der Waals surface area contributed by atoms with E-state index in [1.54, 1.807) is 7.11 Å². The van der Waals surface area contributed by atoms with Crippen LogP contribution in [0.3, 0.4) is 0 Å². The van der Waals surface area contributed by atoms with E-state index in [1.807, 2.05) is 18.3 Å². The summed E-state index contributed by atoms with van der Waals surface area (Å²) in [6, 6.07) is 3.91. The van der Waals surface area contributed by atoms with Crippen molar-refractivity contribution in [2.45, 2.75) is 12.8 Å². The number of benzene rings is 1. The first-order valence-corrected chi connectivity index (χ1v) is 5.72. The Morgan fingerprint density at radius 2 is 2.24 bits per heavy atom. The number of methoxy groups -OCH3 is 1. The number of aromatic amines is 1. The lowest BCUT2D eigenvalue weighted by Gasteiger charge is -2.14. The van der Waals surface area contributed by atoms with Crippen LogP contribution in [-0.2, 0) is 17.6 Å². The van der Waals surface area contributed by atoms with E-state index < -0.39 is 0 Å². The van der Waals surface area contributed by atoms with Gasteiger partial charge in [-0.05, 0) is 24.1 Å². The molecule has 1 aromatic carbocycles. The molecule has 1 amide bonds. The van der Waals surface area contributed by atoms with Crippen LogP contribution in [0.5, 0.6) is 5.75 Å². The van der Waals surface area contributed by atoms with Crippen LogP contribution in [0.4, 0.5) is 0 Å². The van der Waals surface area contributed by atoms with Crippen molar-refractivity contribution in [1.29, 1.82) is 0 Å². The molecule has 17 heavy (non-hydrogen) atoms. The Kier molecular flexibility index (Phi) is 2.28. The third kappa shape index (κ3) is 1.56. The van der Waals surface area contributed by atoms with Crippen molar-refractivity contribution in [1.82, 2.24) is 10.3 Å². The molecule has 0 fully saturated rings. The minimum atomic E-state index is 0.0580. The summed E-state index contributed by atoms with van der Waals surface area (Å²) in [4.78, 5) is 14.9. The molecular formula is C13H14N2O2. The van der Waals surface area contributed by atoms with Crippen molar-refractivity contribution in [3.63, 3.8) is 0 Å². The summed E-state index contributed by atoms with van der Waals surface area (Å²) in [7, 11) is 1.64. The van der Waals surface area contributed by atoms with Crippen LogP contribution in [0.1, 0.15) is 11.1 Å². The Morgan fingerprint density at radius 1 is 1.35 bits per heavy atom. The van der Waals surface area contributed by atoms with Crippen LogP contribution in [0, 0.1) is 0 Å². The predicted octanol–water partition coefficient (Wildman–Crippen LogP) is 1.39. The molecule has 0 saturated heterocycles. The van der Waals surface area contributed by atoms with E-state index in [-0.39, 0.29) is 5.91 Å². The second kappa shape index (κ2) is 3.80. The Bertz CT molecular complexity index is 586. The SMILES string of the molecule is COc1ccc2[nH]cc3c2c1CC(=O)NCC3. The van der Waals surface area contributed by atoms with Gasteiger partial charge in [0.15, 0.2) is 0 Å². The largest absolute Gasteiger partial charge is 0.496 e. The highest BCUT2D eigenvalue weighted by molar-refractivity contribution is 5.93. The van der Waals surface area contributed by atoms with Gasteiger partial charge < -0.3 is 15.0 Å². The normalized spacial score (nSPS) is 15.2. The number of ether oxygens (including phenoxy) is 1. The monoisotopic (exact) mass is 230 g/mol. The van der Waals surface area contributed by atoms with E-state index in [0.717, 1.165) is 28.6 Å². The first kappa shape index (κ1) is 10.2. The van der Waals surface area contributed by atoms with Gasteiger partial charge in [-0.2, -0.15) is 0 Å². The lowest BCUT2D eigenvalue weighted by atomic mass is 9.99. The van der Waals surface area contributed by atoms with Gasteiger partial charge in [-0.3, -0.25) is 4.79 Å². The van der Waals surface area contributed by atoms with Crippen LogP contribution in [-0.4, -0.2) is 24.5 Å². The van der Waals surface area contributed by atoms with Gasteiger partial charge in [0.25, 0.3) is 0 Å². The maximum atomic E-state index is 11.7. The third-order valence-electron chi connectivity index (χ3n) is 3.27. The third-order valence-corrected chi connectivity index (χ3v) is 3.27. The van der Waals surface area contributed by atoms with Gasteiger partial charge in [-0.15, -0.1) is 0 Å². The molecule has 4 nitrogen and oxygen atoms in total. The molecule has 0 unspecified atom stereocenters. The minimum Gasteiger partial charge on any atom is -0.496 e. The van der Waals surface area contributed by atoms with Crippen molar-refractivity contribution in [2.24, 2.45) is 0 Å². The van der Waals surface area contributed by atoms with Crippen molar-refractivity contribution in [3.05, 3.63) is 29.5 Å². The molecule has 1 aliphatic rings. The summed E-state index contributed by atoms with van der Waals surface area (Å²) < 4.78 is 5.35. The number of amides is 1. The number of aromatic nitrogens is 1. The lowest BCUT2D eigenvalue weighted by molar-refractivity contribution is -0.120. The molecular weight excluding hydrogens is 216 g/mol. The molecule has 4 heteroatoms. The van der Waals surface area contributed by atoms with E-state index in [0.29, 0.717) is 13.0 Å². The zero-order valence-corrected chi connectivity index (χ0v) is 9.67. The van der Waals surface area contributed by atoms with Crippen molar-refractivity contribution in [3.8, 4) is 5.75 Å². The highest BCUT2D eigenvalue weighted by Crippen LogP contribution is 2.31. The van der Waals surface area contributed by atoms with Gasteiger partial charge in [0.05, 0.1) is 13.5 Å². The van der Waals surface area contributed by atoms with E-state index in [2.05, 4.69) is 10.3 Å². The Hall–Kier alpha value is -1.97. The van der Waals surface area contributed by atoms with Crippen LogP contribution >= 0.6 is 0 Å². The zero-order chi connectivity index (χ0) is 11.8. The molecule has 0 bridgehead atoms. The quantitative estimate of drug-likeness (QED) is 0.778. The van der Waals surface area contributed by atoms with Crippen LogP contribution in [0.2, 0.25) is 0 Å². The topological polar surface area (TPSA) is 54.1 Å². The first-order valence-electron chi connectivity index (χ1n) is 5.72. The summed E-state index contributed by atoms with van der Waals surface area (Å²) >= 11 is 0. The fourth-order valence-electron chi connectivity index (χ4n) is 2.48. The standard InChI is InChI=1S/C13H14N2O2/c1-17-11-3-2-10-13-8(7-15-10)4-5-14-12(16)6-9(11)13/h2-3,7,15H,4-6H2,1H3,(H,14,16). The fourth-order valence-corrected chi connectivity index (χ4v) is 2.48. The second-order valence-corrected chi connectivity index (χ2v) is 4.26. The number of H-pyrrole nitrogens is 1. The molecule has 88 valence electrons. The molecule has 0 saturated carbocycles. The van der Waals surface area contributed by atoms with Gasteiger partial charge >= 0.3 is 0 Å². The Labute approximate surface area is 99.0 Å². The number of hydrogen-bond acceptors (Lipinski definition) is 2. The summed E-state index contributed by atoms with van der Waals surface area (Å²) in [5, 5.41) is 4.05. The van der Waals surface area contributed by atoms with Gasteiger partial charge in [-0.25, -0.2) is 0 Å². The summed E-state index contributed by atoms with van der Waals surface area (Å²) in [6.45, 7) is 0.697. The van der Waals surface area contributed by atoms with Gasteiger partial charge in [0, 0.05) is 29.2 Å². The molecule has 1 aliphatic heterocycles. The smallest absolute Gasteiger partial charge is 0.224 e. The van der Waals surface area contributed by atoms with Crippen molar-refractivity contribution < 1.29 is 9.53 Å². The van der Waals surface area contributed by atoms with Gasteiger partial charge in [0.2, 0.25) is 5.91 Å². The maximum Gasteiger partial charge on any atom is 0.224 e. The number of hydrogen-bond donors (Lipinski definition) is 2. The van der Waals surface area contributed by atoms with E-state index >= 15 is 0 Å². The zero-order valence-electron chi connectivity index (χ0n) is 9.67. The Balaban J connectivity index is 2.30. The van der Waals surface area contributed by atoms with Crippen molar-refractivity contribution >= 4 is 16.8 Å². The second-order valence-electron chi connectivity index (χ2n) is 4.26. The molecule has 0 atom stereocenters. The highest BCUT2D eigenvalue weighted by Gasteiger charge is 2.18. The van der Waals surface area contributed by atoms with Crippen molar-refractivity contribution in [2.75, 3.05) is 13.7 Å². The lowest BCUT2D eigenvalue weighted by Crippen LogP contribution is -2.28. The molecule has 2 N–H and O–H groups in total. The molecule has 0 aliphatic carbocycles.